The van der Waals surface area contributed by atoms with Gasteiger partial charge < -0.3 is 9.16 Å². The van der Waals surface area contributed by atoms with Crippen molar-refractivity contribution in [2.45, 2.75) is 90.3 Å². The highest BCUT2D eigenvalue weighted by Gasteiger charge is 2.36. The van der Waals surface area contributed by atoms with E-state index in [4.69, 9.17) is 4.43 Å². The number of unbranched alkanes of at least 4 members (excludes halogenated alkanes) is 6. The molecule has 0 aliphatic carbocycles. The summed E-state index contributed by atoms with van der Waals surface area (Å²) in [4.78, 5) is 11.0. The molecular weight excluding hydrogens is 304 g/mol. The van der Waals surface area contributed by atoms with Crippen molar-refractivity contribution in [2.24, 2.45) is 0 Å². The zero-order valence-electron chi connectivity index (χ0n) is 16.2. The minimum absolute atomic E-state index is 0.0879. The summed E-state index contributed by atoms with van der Waals surface area (Å²) in [6.45, 7) is 12.2. The molecule has 0 saturated heterocycles. The molecule has 0 fully saturated rings. The van der Waals surface area contributed by atoms with Gasteiger partial charge in [0.2, 0.25) is 0 Å². The van der Waals surface area contributed by atoms with E-state index in [0.29, 0.717) is 6.42 Å². The summed E-state index contributed by atoms with van der Waals surface area (Å²) in [7, 11) is -0.143. The number of hydrogen-bond donors (Lipinski definition) is 0. The van der Waals surface area contributed by atoms with E-state index in [1.807, 2.05) is 0 Å². The van der Waals surface area contributed by atoms with Crippen molar-refractivity contribution in [1.82, 2.24) is 0 Å². The highest BCUT2D eigenvalue weighted by molar-refractivity contribution is 6.74. The van der Waals surface area contributed by atoms with E-state index in [2.05, 4.69) is 50.8 Å². The maximum atomic E-state index is 11.0. The molecule has 0 radical (unpaired) electrons. The van der Waals surface area contributed by atoms with Crippen LogP contribution >= 0.6 is 0 Å². The molecule has 0 bridgehead atoms. The molecule has 0 aliphatic heterocycles. The lowest BCUT2D eigenvalue weighted by atomic mass is 10.1. The molecule has 23 heavy (non-hydrogen) atoms. The third-order valence-electron chi connectivity index (χ3n) is 4.74. The van der Waals surface area contributed by atoms with Crippen LogP contribution in [0.2, 0.25) is 18.1 Å². The summed E-state index contributed by atoms with van der Waals surface area (Å²) in [5, 5.41) is 0.286. The Hall–Kier alpha value is -0.613. The zero-order chi connectivity index (χ0) is 17.8. The molecule has 0 rings (SSSR count). The van der Waals surface area contributed by atoms with Crippen LogP contribution in [0.15, 0.2) is 12.2 Å². The Kier molecular flexibility index (Phi) is 11.5. The van der Waals surface area contributed by atoms with E-state index in [1.54, 1.807) is 0 Å². The average molecular weight is 343 g/mol. The van der Waals surface area contributed by atoms with Crippen molar-refractivity contribution < 1.29 is 14.0 Å². The maximum Gasteiger partial charge on any atom is 0.305 e. The predicted octanol–water partition coefficient (Wildman–Crippen LogP) is 5.86. The quantitative estimate of drug-likeness (QED) is 0.193. The Balaban J connectivity index is 3.47. The fraction of sp³-hybridized carbons (Fsp3) is 0.842. The Bertz CT molecular complexity index is 343. The van der Waals surface area contributed by atoms with Crippen LogP contribution in [0.3, 0.4) is 0 Å². The first-order chi connectivity index (χ1) is 10.7. The van der Waals surface area contributed by atoms with Crippen LogP contribution in [-0.2, 0) is 14.0 Å². The molecule has 0 aliphatic rings. The third-order valence-corrected chi connectivity index (χ3v) is 9.24. The van der Waals surface area contributed by atoms with Gasteiger partial charge in [-0.05, 0) is 37.4 Å². The fourth-order valence-electron chi connectivity index (χ4n) is 2.00. The van der Waals surface area contributed by atoms with Crippen LogP contribution in [-0.4, -0.2) is 28.0 Å². The van der Waals surface area contributed by atoms with E-state index >= 15 is 0 Å². The molecule has 0 aromatic carbocycles. The second-order valence-corrected chi connectivity index (χ2v) is 12.6. The largest absolute Gasteiger partial charge is 0.469 e. The van der Waals surface area contributed by atoms with E-state index in [-0.39, 0.29) is 11.0 Å². The molecular formula is C19H38O3Si. The first kappa shape index (κ1) is 22.4. The average Bonchev–Trinajstić information content (AvgIpc) is 2.46. The van der Waals surface area contributed by atoms with Gasteiger partial charge >= 0.3 is 5.97 Å². The van der Waals surface area contributed by atoms with Crippen LogP contribution in [0.4, 0.5) is 0 Å². The molecule has 0 atom stereocenters. The second kappa shape index (κ2) is 11.9. The summed E-state index contributed by atoms with van der Waals surface area (Å²) < 4.78 is 10.7. The van der Waals surface area contributed by atoms with Crippen molar-refractivity contribution >= 4 is 14.3 Å². The van der Waals surface area contributed by atoms with Crippen molar-refractivity contribution in [1.29, 1.82) is 0 Å². The summed E-state index contributed by atoms with van der Waals surface area (Å²) in [6.07, 6.45) is 13.2. The summed E-state index contributed by atoms with van der Waals surface area (Å²) in [6, 6.07) is 0. The van der Waals surface area contributed by atoms with Gasteiger partial charge in [0.25, 0.3) is 0 Å². The molecule has 3 nitrogen and oxygen atoms in total. The Morgan fingerprint density at radius 3 is 2.09 bits per heavy atom. The van der Waals surface area contributed by atoms with Crippen LogP contribution in [0.1, 0.15) is 72.1 Å². The monoisotopic (exact) mass is 342 g/mol. The fourth-order valence-corrected chi connectivity index (χ4v) is 2.95. The zero-order valence-corrected chi connectivity index (χ0v) is 17.2. The lowest BCUT2D eigenvalue weighted by molar-refractivity contribution is -0.140. The first-order valence-electron chi connectivity index (χ1n) is 9.06. The van der Waals surface area contributed by atoms with Gasteiger partial charge in [-0.2, -0.15) is 0 Å². The molecule has 0 spiro atoms. The van der Waals surface area contributed by atoms with Gasteiger partial charge in [0.15, 0.2) is 8.32 Å². The van der Waals surface area contributed by atoms with Gasteiger partial charge in [-0.1, -0.05) is 58.6 Å². The number of methoxy groups -OCH3 is 1. The molecule has 0 aromatic rings. The summed E-state index contributed by atoms with van der Waals surface area (Å²) in [5.41, 5.74) is 0. The number of ether oxygens (including phenoxy) is 1. The number of rotatable bonds is 12. The SMILES string of the molecule is COC(=O)CCCCCCCC/C=C/CO[Si](C)(C)C(C)(C)C. The number of carbonyl (C=O) groups excluding carboxylic acids is 1. The van der Waals surface area contributed by atoms with Gasteiger partial charge in [-0.25, -0.2) is 0 Å². The van der Waals surface area contributed by atoms with E-state index in [1.165, 1.54) is 32.8 Å². The Morgan fingerprint density at radius 1 is 0.957 bits per heavy atom. The molecule has 4 heteroatoms. The number of carbonyl (C=O) groups is 1. The smallest absolute Gasteiger partial charge is 0.305 e. The van der Waals surface area contributed by atoms with E-state index < -0.39 is 8.32 Å². The van der Waals surface area contributed by atoms with Crippen molar-refractivity contribution in [3.05, 3.63) is 12.2 Å². The maximum absolute atomic E-state index is 11.0. The molecule has 0 unspecified atom stereocenters. The summed E-state index contributed by atoms with van der Waals surface area (Å²) >= 11 is 0. The van der Waals surface area contributed by atoms with Crippen LogP contribution in [0, 0.1) is 0 Å². The third kappa shape index (κ3) is 11.5. The first-order valence-corrected chi connectivity index (χ1v) is 12.0. The number of hydrogen-bond acceptors (Lipinski definition) is 3. The Labute approximate surface area is 145 Å². The minimum Gasteiger partial charge on any atom is -0.469 e. The summed E-state index contributed by atoms with van der Waals surface area (Å²) in [5.74, 6) is -0.0879. The van der Waals surface area contributed by atoms with Gasteiger partial charge in [0.05, 0.1) is 13.7 Å². The van der Waals surface area contributed by atoms with Gasteiger partial charge in [0, 0.05) is 6.42 Å². The number of esters is 1. The molecule has 0 N–H and O–H groups in total. The molecule has 0 amide bonds. The van der Waals surface area contributed by atoms with E-state index in [0.717, 1.165) is 25.9 Å². The topological polar surface area (TPSA) is 35.5 Å². The standard InChI is InChI=1S/C19H38O3Si/c1-19(2,3)23(5,6)22-17-15-13-11-9-7-8-10-12-14-16-18(20)21-4/h13,15H,7-12,14,16-17H2,1-6H3/b15-13+. The van der Waals surface area contributed by atoms with E-state index in [9.17, 15) is 4.79 Å². The van der Waals surface area contributed by atoms with Gasteiger partial charge in [-0.15, -0.1) is 0 Å². The highest BCUT2D eigenvalue weighted by Crippen LogP contribution is 2.36. The lowest BCUT2D eigenvalue weighted by Gasteiger charge is -2.35. The molecule has 0 heterocycles. The van der Waals surface area contributed by atoms with Crippen molar-refractivity contribution in [3.8, 4) is 0 Å². The van der Waals surface area contributed by atoms with Crippen LogP contribution < -0.4 is 0 Å². The molecule has 0 saturated carbocycles. The van der Waals surface area contributed by atoms with Crippen molar-refractivity contribution in [2.75, 3.05) is 13.7 Å². The minimum atomic E-state index is -1.59. The van der Waals surface area contributed by atoms with Crippen LogP contribution in [0.5, 0.6) is 0 Å². The molecule has 136 valence electrons. The normalized spacial score (nSPS) is 12.8. The Morgan fingerprint density at radius 2 is 1.52 bits per heavy atom. The number of allylic oxidation sites excluding steroid dienone is 1. The van der Waals surface area contributed by atoms with Crippen molar-refractivity contribution in [3.63, 3.8) is 0 Å². The van der Waals surface area contributed by atoms with Crippen LogP contribution in [0.25, 0.3) is 0 Å². The predicted molar refractivity (Wildman–Crippen MR) is 101 cm³/mol. The van der Waals surface area contributed by atoms with Gasteiger partial charge in [-0.3, -0.25) is 4.79 Å². The second-order valence-electron chi connectivity index (χ2n) is 7.78. The highest BCUT2D eigenvalue weighted by atomic mass is 28.4. The molecule has 0 aromatic heterocycles. The van der Waals surface area contributed by atoms with Gasteiger partial charge in [0.1, 0.15) is 0 Å². The lowest BCUT2D eigenvalue weighted by Crippen LogP contribution is -2.40.